The molecule has 0 saturated carbocycles. The highest BCUT2D eigenvalue weighted by atomic mass is 16.5. The van der Waals surface area contributed by atoms with Crippen molar-refractivity contribution >= 4 is 17.8 Å². The Bertz CT molecular complexity index is 345. The second-order valence-corrected chi connectivity index (χ2v) is 5.20. The average molecular weight is 300 g/mol. The highest BCUT2D eigenvalue weighted by Crippen LogP contribution is 2.07. The van der Waals surface area contributed by atoms with Crippen molar-refractivity contribution in [3.8, 4) is 0 Å². The third-order valence-corrected chi connectivity index (χ3v) is 3.17. The number of nitrogens with one attached hydrogen (secondary N) is 1. The van der Waals surface area contributed by atoms with E-state index in [0.717, 1.165) is 12.8 Å². The molecule has 0 bridgehead atoms. The molecule has 0 heterocycles. The number of nitrogens with zero attached hydrogens (tertiary/aromatic N) is 1. The second-order valence-electron chi connectivity index (χ2n) is 5.20. The number of methoxy groups -OCH3 is 1. The Kier molecular flexibility index (Phi) is 10.3. The molecule has 122 valence electrons. The van der Waals surface area contributed by atoms with Crippen LogP contribution >= 0.6 is 0 Å². The predicted molar refractivity (Wildman–Crippen MR) is 80.6 cm³/mol. The number of hydrogen-bond donors (Lipinski definition) is 1. The fraction of sp³-hybridized carbons (Fsp3) is 0.800. The van der Waals surface area contributed by atoms with Gasteiger partial charge in [-0.1, -0.05) is 20.3 Å². The Balaban J connectivity index is 4.42. The first-order valence-corrected chi connectivity index (χ1v) is 7.52. The Morgan fingerprint density at radius 3 is 2.43 bits per heavy atom. The second kappa shape index (κ2) is 11.1. The Labute approximate surface area is 127 Å². The zero-order chi connectivity index (χ0) is 16.3. The minimum Gasteiger partial charge on any atom is -0.469 e. The van der Waals surface area contributed by atoms with E-state index in [0.29, 0.717) is 32.5 Å². The smallest absolute Gasteiger partial charge is 0.310 e. The van der Waals surface area contributed by atoms with Crippen LogP contribution in [0.5, 0.6) is 0 Å². The summed E-state index contributed by atoms with van der Waals surface area (Å²) in [6, 6.07) is 0. The van der Waals surface area contributed by atoms with Gasteiger partial charge in [-0.2, -0.15) is 0 Å². The molecule has 0 aliphatic heterocycles. The summed E-state index contributed by atoms with van der Waals surface area (Å²) in [7, 11) is 1.35. The molecule has 6 nitrogen and oxygen atoms in total. The van der Waals surface area contributed by atoms with Gasteiger partial charge in [0.2, 0.25) is 11.8 Å². The monoisotopic (exact) mass is 300 g/mol. The summed E-state index contributed by atoms with van der Waals surface area (Å²) in [4.78, 5) is 36.2. The largest absolute Gasteiger partial charge is 0.469 e. The lowest BCUT2D eigenvalue weighted by atomic mass is 10.1. The third-order valence-electron chi connectivity index (χ3n) is 3.17. The van der Waals surface area contributed by atoms with Gasteiger partial charge in [-0.3, -0.25) is 14.4 Å². The van der Waals surface area contributed by atoms with Gasteiger partial charge in [0.15, 0.2) is 0 Å². The van der Waals surface area contributed by atoms with Crippen LogP contribution in [0.15, 0.2) is 0 Å². The quantitative estimate of drug-likeness (QED) is 0.488. The minimum absolute atomic E-state index is 0.0513. The van der Waals surface area contributed by atoms with E-state index in [9.17, 15) is 14.4 Å². The van der Waals surface area contributed by atoms with Gasteiger partial charge in [-0.05, 0) is 12.8 Å². The van der Waals surface area contributed by atoms with E-state index in [1.807, 2.05) is 6.92 Å². The Morgan fingerprint density at radius 1 is 1.24 bits per heavy atom. The molecule has 1 N–H and O–H groups in total. The first-order chi connectivity index (χ1) is 9.92. The van der Waals surface area contributed by atoms with E-state index >= 15 is 0 Å². The fourth-order valence-corrected chi connectivity index (χ4v) is 1.94. The van der Waals surface area contributed by atoms with Crippen LogP contribution in [0.3, 0.4) is 0 Å². The molecular weight excluding hydrogens is 272 g/mol. The SMILES string of the molecule is CCCCC(=O)N(CCCNC(C)=O)CC(C)C(=O)OC. The van der Waals surface area contributed by atoms with E-state index < -0.39 is 0 Å². The maximum absolute atomic E-state index is 12.2. The molecule has 0 rings (SSSR count). The molecule has 0 fully saturated rings. The lowest BCUT2D eigenvalue weighted by Gasteiger charge is -2.25. The summed E-state index contributed by atoms with van der Waals surface area (Å²) < 4.78 is 4.70. The molecule has 0 aromatic carbocycles. The molecule has 2 amide bonds. The summed E-state index contributed by atoms with van der Waals surface area (Å²) in [6.07, 6.45) is 2.96. The van der Waals surface area contributed by atoms with Crippen LogP contribution in [0.25, 0.3) is 0 Å². The highest BCUT2D eigenvalue weighted by Gasteiger charge is 2.20. The summed E-state index contributed by atoms with van der Waals surface area (Å²) in [6.45, 7) is 6.66. The average Bonchev–Trinajstić information content (AvgIpc) is 2.46. The number of carbonyl (C=O) groups is 3. The maximum Gasteiger partial charge on any atom is 0.310 e. The molecule has 1 atom stereocenters. The molecule has 0 saturated heterocycles. The van der Waals surface area contributed by atoms with Crippen molar-refractivity contribution in [1.82, 2.24) is 10.2 Å². The zero-order valence-corrected chi connectivity index (χ0v) is 13.6. The molecule has 6 heteroatoms. The van der Waals surface area contributed by atoms with Crippen molar-refractivity contribution in [2.45, 2.75) is 46.5 Å². The van der Waals surface area contributed by atoms with E-state index in [1.165, 1.54) is 14.0 Å². The number of rotatable bonds is 10. The van der Waals surface area contributed by atoms with Gasteiger partial charge in [0, 0.05) is 33.0 Å². The van der Waals surface area contributed by atoms with Crippen molar-refractivity contribution in [3.63, 3.8) is 0 Å². The Hall–Kier alpha value is -1.59. The third kappa shape index (κ3) is 9.05. The van der Waals surface area contributed by atoms with Gasteiger partial charge >= 0.3 is 5.97 Å². The van der Waals surface area contributed by atoms with E-state index in [1.54, 1.807) is 11.8 Å². The normalized spacial score (nSPS) is 11.6. The van der Waals surface area contributed by atoms with Gasteiger partial charge in [0.1, 0.15) is 0 Å². The van der Waals surface area contributed by atoms with Crippen LogP contribution < -0.4 is 5.32 Å². The first kappa shape index (κ1) is 19.4. The van der Waals surface area contributed by atoms with Crippen LogP contribution in [0.4, 0.5) is 0 Å². The van der Waals surface area contributed by atoms with Crippen LogP contribution in [0.2, 0.25) is 0 Å². The molecule has 0 aromatic rings. The fourth-order valence-electron chi connectivity index (χ4n) is 1.94. The van der Waals surface area contributed by atoms with E-state index in [2.05, 4.69) is 5.32 Å². The van der Waals surface area contributed by atoms with E-state index in [-0.39, 0.29) is 23.7 Å². The molecule has 21 heavy (non-hydrogen) atoms. The topological polar surface area (TPSA) is 75.7 Å². The van der Waals surface area contributed by atoms with E-state index in [4.69, 9.17) is 4.74 Å². The lowest BCUT2D eigenvalue weighted by molar-refractivity contribution is -0.146. The number of amides is 2. The van der Waals surface area contributed by atoms with Crippen molar-refractivity contribution < 1.29 is 19.1 Å². The van der Waals surface area contributed by atoms with Gasteiger partial charge in [0.05, 0.1) is 13.0 Å². The molecular formula is C15H28N2O4. The summed E-state index contributed by atoms with van der Waals surface area (Å²) in [5.41, 5.74) is 0. The number of hydrogen-bond acceptors (Lipinski definition) is 4. The molecule has 0 radical (unpaired) electrons. The van der Waals surface area contributed by atoms with Gasteiger partial charge in [0.25, 0.3) is 0 Å². The lowest BCUT2D eigenvalue weighted by Crippen LogP contribution is -2.39. The van der Waals surface area contributed by atoms with Crippen molar-refractivity contribution in [2.75, 3.05) is 26.7 Å². The van der Waals surface area contributed by atoms with Gasteiger partial charge < -0.3 is 15.0 Å². The maximum atomic E-state index is 12.2. The number of unbranched alkanes of at least 4 members (excludes halogenated alkanes) is 1. The van der Waals surface area contributed by atoms with Crippen LogP contribution in [0, 0.1) is 5.92 Å². The Morgan fingerprint density at radius 2 is 1.90 bits per heavy atom. The van der Waals surface area contributed by atoms with Crippen molar-refractivity contribution in [1.29, 1.82) is 0 Å². The molecule has 1 unspecified atom stereocenters. The van der Waals surface area contributed by atoms with Gasteiger partial charge in [-0.25, -0.2) is 0 Å². The summed E-state index contributed by atoms with van der Waals surface area (Å²) >= 11 is 0. The number of esters is 1. The molecule has 0 aliphatic rings. The molecule has 0 spiro atoms. The first-order valence-electron chi connectivity index (χ1n) is 7.52. The molecule has 0 aromatic heterocycles. The van der Waals surface area contributed by atoms with Crippen LogP contribution in [-0.4, -0.2) is 49.4 Å². The predicted octanol–water partition coefficient (Wildman–Crippen LogP) is 1.34. The highest BCUT2D eigenvalue weighted by molar-refractivity contribution is 5.78. The van der Waals surface area contributed by atoms with Crippen molar-refractivity contribution in [3.05, 3.63) is 0 Å². The standard InChI is InChI=1S/C15H28N2O4/c1-5-6-8-14(19)17(10-7-9-16-13(3)18)11-12(2)15(20)21-4/h12H,5-11H2,1-4H3,(H,16,18). The summed E-state index contributed by atoms with van der Waals surface area (Å²) in [5.74, 6) is -0.691. The molecule has 0 aliphatic carbocycles. The number of carbonyl (C=O) groups excluding carboxylic acids is 3. The zero-order valence-electron chi connectivity index (χ0n) is 13.6. The number of ether oxygens (including phenoxy) is 1. The summed E-state index contributed by atoms with van der Waals surface area (Å²) in [5, 5.41) is 2.70. The van der Waals surface area contributed by atoms with Crippen molar-refractivity contribution in [2.24, 2.45) is 5.92 Å². The minimum atomic E-state index is -0.346. The van der Waals surface area contributed by atoms with Crippen LogP contribution in [-0.2, 0) is 19.1 Å². The van der Waals surface area contributed by atoms with Crippen LogP contribution in [0.1, 0.15) is 46.5 Å². The van der Waals surface area contributed by atoms with Gasteiger partial charge in [-0.15, -0.1) is 0 Å².